The SMILES string of the molecule is CC1CCCN(c2ncc(C(=O)NC(C)c3ccc(F)cc3)c(C3(c4ccc(Cl)cc4)CCCC3)n2)C1. The summed E-state index contributed by atoms with van der Waals surface area (Å²) in [4.78, 5) is 25.9. The third kappa shape index (κ3) is 5.35. The lowest BCUT2D eigenvalue weighted by atomic mass is 9.74. The quantitative estimate of drug-likeness (QED) is 0.386. The number of aromatic nitrogens is 2. The van der Waals surface area contributed by atoms with E-state index in [9.17, 15) is 9.18 Å². The van der Waals surface area contributed by atoms with Gasteiger partial charge < -0.3 is 10.2 Å². The molecule has 1 N–H and O–H groups in total. The third-order valence-electron chi connectivity index (χ3n) is 7.99. The van der Waals surface area contributed by atoms with Crippen molar-refractivity contribution in [3.05, 3.63) is 88.0 Å². The second kappa shape index (κ2) is 10.8. The topological polar surface area (TPSA) is 58.1 Å². The van der Waals surface area contributed by atoms with Crippen LogP contribution in [0.3, 0.4) is 0 Å². The molecule has 2 heterocycles. The van der Waals surface area contributed by atoms with Crippen LogP contribution in [0, 0.1) is 11.7 Å². The van der Waals surface area contributed by atoms with Gasteiger partial charge in [-0.2, -0.15) is 0 Å². The van der Waals surface area contributed by atoms with Crippen molar-refractivity contribution in [3.63, 3.8) is 0 Å². The molecule has 1 aliphatic carbocycles. The number of piperidine rings is 1. The van der Waals surface area contributed by atoms with Crippen LogP contribution in [0.1, 0.15) is 85.6 Å². The Kier molecular flexibility index (Phi) is 7.47. The number of halogens is 2. The van der Waals surface area contributed by atoms with Gasteiger partial charge in [0.2, 0.25) is 5.95 Å². The standard InChI is InChI=1S/C30H34ClFN4O/c1-20-6-5-17-36(19-20)29-33-18-26(28(37)34-21(2)22-7-13-25(32)14-8-22)27(35-29)30(15-3-4-16-30)23-9-11-24(31)12-10-23/h7-14,18,20-21H,3-6,15-17,19H2,1-2H3,(H,34,37). The fourth-order valence-electron chi connectivity index (χ4n) is 5.95. The van der Waals surface area contributed by atoms with Crippen molar-refractivity contribution in [1.29, 1.82) is 0 Å². The number of nitrogens with zero attached hydrogens (tertiary/aromatic N) is 3. The summed E-state index contributed by atoms with van der Waals surface area (Å²) < 4.78 is 13.4. The van der Waals surface area contributed by atoms with Crippen molar-refractivity contribution in [1.82, 2.24) is 15.3 Å². The highest BCUT2D eigenvalue weighted by atomic mass is 35.5. The van der Waals surface area contributed by atoms with E-state index in [1.165, 1.54) is 18.6 Å². The molecule has 37 heavy (non-hydrogen) atoms. The lowest BCUT2D eigenvalue weighted by molar-refractivity contribution is 0.0936. The Labute approximate surface area is 223 Å². The second-order valence-corrected chi connectivity index (χ2v) is 11.1. The normalized spacial score (nSPS) is 20.0. The maximum atomic E-state index is 13.7. The van der Waals surface area contributed by atoms with Gasteiger partial charge in [0.25, 0.3) is 5.91 Å². The van der Waals surface area contributed by atoms with Crippen LogP contribution in [-0.2, 0) is 5.41 Å². The maximum Gasteiger partial charge on any atom is 0.255 e. The van der Waals surface area contributed by atoms with Crippen LogP contribution in [0.15, 0.2) is 54.7 Å². The van der Waals surface area contributed by atoms with Gasteiger partial charge in [-0.3, -0.25) is 4.79 Å². The molecule has 1 aliphatic heterocycles. The first kappa shape index (κ1) is 25.7. The average molecular weight is 521 g/mol. The molecule has 2 unspecified atom stereocenters. The van der Waals surface area contributed by atoms with Gasteiger partial charge in [-0.05, 0) is 73.9 Å². The van der Waals surface area contributed by atoms with Gasteiger partial charge in [0.15, 0.2) is 0 Å². The van der Waals surface area contributed by atoms with E-state index in [0.29, 0.717) is 22.5 Å². The molecular formula is C30H34ClFN4O. The minimum absolute atomic E-state index is 0.217. The van der Waals surface area contributed by atoms with Gasteiger partial charge in [-0.1, -0.05) is 55.6 Å². The van der Waals surface area contributed by atoms with Crippen LogP contribution >= 0.6 is 11.6 Å². The minimum Gasteiger partial charge on any atom is -0.345 e. The number of anilines is 1. The predicted molar refractivity (Wildman–Crippen MR) is 146 cm³/mol. The summed E-state index contributed by atoms with van der Waals surface area (Å²) in [5.41, 5.74) is 2.88. The first-order valence-corrected chi connectivity index (χ1v) is 13.7. The molecule has 5 nitrogen and oxygen atoms in total. The van der Waals surface area contributed by atoms with E-state index in [1.54, 1.807) is 18.3 Å². The van der Waals surface area contributed by atoms with E-state index >= 15 is 0 Å². The number of amides is 1. The molecule has 1 saturated carbocycles. The number of nitrogens with one attached hydrogen (secondary N) is 1. The summed E-state index contributed by atoms with van der Waals surface area (Å²) in [5, 5.41) is 3.79. The second-order valence-electron chi connectivity index (χ2n) is 10.7. The zero-order chi connectivity index (χ0) is 26.0. The number of benzene rings is 2. The van der Waals surface area contributed by atoms with Gasteiger partial charge >= 0.3 is 0 Å². The minimum atomic E-state index is -0.379. The van der Waals surface area contributed by atoms with E-state index in [-0.39, 0.29) is 23.2 Å². The molecule has 5 rings (SSSR count). The predicted octanol–water partition coefficient (Wildman–Crippen LogP) is 6.86. The molecule has 2 aromatic carbocycles. The van der Waals surface area contributed by atoms with Crippen LogP contribution in [0.2, 0.25) is 5.02 Å². The van der Waals surface area contributed by atoms with Crippen LogP contribution in [0.25, 0.3) is 0 Å². The largest absolute Gasteiger partial charge is 0.345 e. The zero-order valence-electron chi connectivity index (χ0n) is 21.5. The molecule has 7 heteroatoms. The molecule has 1 saturated heterocycles. The smallest absolute Gasteiger partial charge is 0.255 e. The van der Waals surface area contributed by atoms with Crippen molar-refractivity contribution < 1.29 is 9.18 Å². The summed E-state index contributed by atoms with van der Waals surface area (Å²) in [6.07, 6.45) is 7.98. The number of carbonyl (C=O) groups is 1. The molecule has 2 atom stereocenters. The average Bonchev–Trinajstić information content (AvgIpc) is 3.40. The first-order chi connectivity index (χ1) is 17.9. The Morgan fingerprint density at radius 3 is 2.49 bits per heavy atom. The van der Waals surface area contributed by atoms with Gasteiger partial charge in [0.05, 0.1) is 17.3 Å². The third-order valence-corrected chi connectivity index (χ3v) is 8.24. The van der Waals surface area contributed by atoms with Crippen molar-refractivity contribution >= 4 is 23.5 Å². The molecule has 3 aromatic rings. The summed E-state index contributed by atoms with van der Waals surface area (Å²) in [6, 6.07) is 13.9. The monoisotopic (exact) mass is 520 g/mol. The molecule has 1 amide bonds. The Hall–Kier alpha value is -2.99. The summed E-state index contributed by atoms with van der Waals surface area (Å²) >= 11 is 6.24. The van der Waals surface area contributed by atoms with Gasteiger partial charge in [-0.15, -0.1) is 0 Å². The summed E-state index contributed by atoms with van der Waals surface area (Å²) in [6.45, 7) is 6.00. The van der Waals surface area contributed by atoms with E-state index in [1.807, 2.05) is 19.1 Å². The fourth-order valence-corrected chi connectivity index (χ4v) is 6.07. The van der Waals surface area contributed by atoms with Gasteiger partial charge in [0.1, 0.15) is 5.82 Å². The van der Waals surface area contributed by atoms with Crippen molar-refractivity contribution in [2.75, 3.05) is 18.0 Å². The highest BCUT2D eigenvalue weighted by Crippen LogP contribution is 2.47. The highest BCUT2D eigenvalue weighted by Gasteiger charge is 2.42. The molecule has 2 fully saturated rings. The van der Waals surface area contributed by atoms with E-state index in [2.05, 4.69) is 29.3 Å². The molecule has 1 aromatic heterocycles. The highest BCUT2D eigenvalue weighted by molar-refractivity contribution is 6.30. The van der Waals surface area contributed by atoms with Crippen LogP contribution in [-0.4, -0.2) is 29.0 Å². The lowest BCUT2D eigenvalue weighted by Crippen LogP contribution is -2.38. The maximum absolute atomic E-state index is 13.7. The molecule has 0 bridgehead atoms. The van der Waals surface area contributed by atoms with Crippen LogP contribution < -0.4 is 10.2 Å². The molecule has 0 spiro atoms. The Bertz CT molecular complexity index is 1240. The van der Waals surface area contributed by atoms with Crippen LogP contribution in [0.4, 0.5) is 10.3 Å². The van der Waals surface area contributed by atoms with Gasteiger partial charge in [0, 0.05) is 29.7 Å². The summed E-state index contributed by atoms with van der Waals surface area (Å²) in [5.74, 6) is 0.763. The summed E-state index contributed by atoms with van der Waals surface area (Å²) in [7, 11) is 0. The van der Waals surface area contributed by atoms with E-state index in [4.69, 9.17) is 21.6 Å². The molecule has 194 valence electrons. The zero-order valence-corrected chi connectivity index (χ0v) is 22.3. The Morgan fingerprint density at radius 2 is 1.81 bits per heavy atom. The fraction of sp³-hybridized carbons (Fsp3) is 0.433. The molecule has 0 radical (unpaired) electrons. The number of carbonyl (C=O) groups excluding carboxylic acids is 1. The van der Waals surface area contributed by atoms with Crippen LogP contribution in [0.5, 0.6) is 0 Å². The molecular weight excluding hydrogens is 487 g/mol. The van der Waals surface area contributed by atoms with Gasteiger partial charge in [-0.25, -0.2) is 14.4 Å². The van der Waals surface area contributed by atoms with Crippen molar-refractivity contribution in [2.24, 2.45) is 5.92 Å². The Morgan fingerprint density at radius 1 is 1.11 bits per heavy atom. The number of hydrogen-bond acceptors (Lipinski definition) is 4. The lowest BCUT2D eigenvalue weighted by Gasteiger charge is -2.34. The number of rotatable bonds is 6. The van der Waals surface area contributed by atoms with Crippen molar-refractivity contribution in [3.8, 4) is 0 Å². The number of hydrogen-bond donors (Lipinski definition) is 1. The van der Waals surface area contributed by atoms with E-state index < -0.39 is 0 Å². The first-order valence-electron chi connectivity index (χ1n) is 13.3. The Balaban J connectivity index is 1.56. The van der Waals surface area contributed by atoms with Crippen molar-refractivity contribution in [2.45, 2.75) is 63.8 Å². The molecule has 2 aliphatic rings. The van der Waals surface area contributed by atoms with E-state index in [0.717, 1.165) is 62.0 Å².